The fraction of sp³-hybridized carbons (Fsp3) is 0.545. The number of amides is 1. The molecule has 2 aliphatic heterocycles. The van der Waals surface area contributed by atoms with Crippen molar-refractivity contribution in [3.05, 3.63) is 48.5 Å². The predicted octanol–water partition coefficient (Wildman–Crippen LogP) is 3.85. The summed E-state index contributed by atoms with van der Waals surface area (Å²) in [5, 5.41) is 4.21. The number of carbonyl (C=O) groups excluding carboxylic acids is 1. The molecule has 2 fully saturated rings. The van der Waals surface area contributed by atoms with E-state index < -0.39 is 0 Å². The highest BCUT2D eigenvalue weighted by molar-refractivity contribution is 5.78. The van der Waals surface area contributed by atoms with Gasteiger partial charge in [0.1, 0.15) is 5.82 Å². The normalized spacial score (nSPS) is 23.7. The molecule has 3 heterocycles. The quantitative estimate of drug-likeness (QED) is 0.786. The van der Waals surface area contributed by atoms with Gasteiger partial charge < -0.3 is 9.80 Å². The zero-order chi connectivity index (χ0) is 19.8. The van der Waals surface area contributed by atoms with Crippen molar-refractivity contribution in [1.29, 1.82) is 0 Å². The number of benzene rings is 1. The summed E-state index contributed by atoms with van der Waals surface area (Å²) >= 11 is 0. The second-order valence-corrected chi connectivity index (χ2v) is 8.80. The second-order valence-electron chi connectivity index (χ2n) is 8.80. The molecule has 150 valence electrons. The molecule has 0 aliphatic carbocycles. The minimum Gasteiger partial charge on any atom is -0.364 e. The standard InChI is InChI=1S/C22H29FN4O/c1-21(2)16-22(17-27(21)19-8-3-7-18(23)15-19)10-5-14-26(22)20(28)9-4-12-25-13-6-11-24-25/h3,6-8,11,13,15H,4-5,9-10,12,14,16-17H2,1-2H3. The number of halogens is 1. The van der Waals surface area contributed by atoms with Crippen LogP contribution in [0.2, 0.25) is 0 Å². The van der Waals surface area contributed by atoms with Gasteiger partial charge in [-0.15, -0.1) is 0 Å². The van der Waals surface area contributed by atoms with Crippen molar-refractivity contribution in [3.8, 4) is 0 Å². The first-order chi connectivity index (χ1) is 13.4. The summed E-state index contributed by atoms with van der Waals surface area (Å²) in [6.07, 6.45) is 8.01. The molecular formula is C22H29FN4O. The monoisotopic (exact) mass is 384 g/mol. The largest absolute Gasteiger partial charge is 0.364 e. The predicted molar refractivity (Wildman–Crippen MR) is 108 cm³/mol. The van der Waals surface area contributed by atoms with E-state index in [9.17, 15) is 9.18 Å². The molecule has 2 aromatic rings. The Bertz CT molecular complexity index is 835. The molecule has 0 bridgehead atoms. The van der Waals surface area contributed by atoms with E-state index in [-0.39, 0.29) is 22.8 Å². The smallest absolute Gasteiger partial charge is 0.223 e. The first kappa shape index (κ1) is 19.0. The molecule has 1 unspecified atom stereocenters. The third kappa shape index (κ3) is 3.52. The van der Waals surface area contributed by atoms with Crippen LogP contribution in [-0.2, 0) is 11.3 Å². The van der Waals surface area contributed by atoms with Gasteiger partial charge in [-0.05, 0) is 63.8 Å². The van der Waals surface area contributed by atoms with Gasteiger partial charge in [0, 0.05) is 49.7 Å². The van der Waals surface area contributed by atoms with Gasteiger partial charge in [-0.2, -0.15) is 5.10 Å². The van der Waals surface area contributed by atoms with E-state index in [1.54, 1.807) is 18.3 Å². The minimum absolute atomic E-state index is 0.119. The molecule has 5 nitrogen and oxygen atoms in total. The molecule has 28 heavy (non-hydrogen) atoms. The molecule has 1 aromatic heterocycles. The highest BCUT2D eigenvalue weighted by atomic mass is 19.1. The number of aromatic nitrogens is 2. The summed E-state index contributed by atoms with van der Waals surface area (Å²) in [6, 6.07) is 8.71. The van der Waals surface area contributed by atoms with Gasteiger partial charge in [0.25, 0.3) is 0 Å². The highest BCUT2D eigenvalue weighted by Gasteiger charge is 2.54. The lowest BCUT2D eigenvalue weighted by molar-refractivity contribution is -0.135. The fourth-order valence-corrected chi connectivity index (χ4v) is 5.19. The zero-order valence-electron chi connectivity index (χ0n) is 16.8. The van der Waals surface area contributed by atoms with Crippen molar-refractivity contribution in [2.75, 3.05) is 18.0 Å². The number of rotatable bonds is 5. The van der Waals surface area contributed by atoms with Crippen molar-refractivity contribution in [3.63, 3.8) is 0 Å². The van der Waals surface area contributed by atoms with Crippen LogP contribution >= 0.6 is 0 Å². The third-order valence-corrected chi connectivity index (χ3v) is 6.30. The van der Waals surface area contributed by atoms with Gasteiger partial charge in [-0.25, -0.2) is 4.39 Å². The lowest BCUT2D eigenvalue weighted by Gasteiger charge is -2.35. The van der Waals surface area contributed by atoms with E-state index in [0.29, 0.717) is 6.42 Å². The van der Waals surface area contributed by atoms with Crippen molar-refractivity contribution >= 4 is 11.6 Å². The lowest BCUT2D eigenvalue weighted by atomic mass is 9.87. The van der Waals surface area contributed by atoms with Crippen molar-refractivity contribution in [2.45, 2.75) is 63.6 Å². The van der Waals surface area contributed by atoms with Gasteiger partial charge in [0.05, 0.1) is 5.54 Å². The second kappa shape index (κ2) is 7.22. The molecule has 0 radical (unpaired) electrons. The molecular weight excluding hydrogens is 355 g/mol. The molecule has 1 aromatic carbocycles. The molecule has 0 N–H and O–H groups in total. The van der Waals surface area contributed by atoms with Crippen molar-refractivity contribution in [1.82, 2.24) is 14.7 Å². The Morgan fingerprint density at radius 1 is 1.29 bits per heavy atom. The van der Waals surface area contributed by atoms with Crippen LogP contribution < -0.4 is 4.90 Å². The summed E-state index contributed by atoms with van der Waals surface area (Å²) in [7, 11) is 0. The van der Waals surface area contributed by atoms with Gasteiger partial charge in [-0.1, -0.05) is 6.07 Å². The number of likely N-dealkylation sites (tertiary alicyclic amines) is 1. The molecule has 2 saturated heterocycles. The van der Waals surface area contributed by atoms with E-state index in [4.69, 9.17) is 0 Å². The maximum atomic E-state index is 13.8. The Morgan fingerprint density at radius 3 is 2.89 bits per heavy atom. The summed E-state index contributed by atoms with van der Waals surface area (Å²) in [5.41, 5.74) is 0.643. The summed E-state index contributed by atoms with van der Waals surface area (Å²) in [5.74, 6) is 0.0220. The SMILES string of the molecule is CC1(C)CC2(CCCN2C(=O)CCCn2cccn2)CN1c1cccc(F)c1. The van der Waals surface area contributed by atoms with Gasteiger partial charge in [-0.3, -0.25) is 9.48 Å². The Hall–Kier alpha value is -2.37. The van der Waals surface area contributed by atoms with Crippen LogP contribution in [0.15, 0.2) is 42.7 Å². The average molecular weight is 384 g/mol. The Labute approximate surface area is 166 Å². The van der Waals surface area contributed by atoms with Crippen LogP contribution in [0.5, 0.6) is 0 Å². The molecule has 1 spiro atoms. The number of anilines is 1. The summed E-state index contributed by atoms with van der Waals surface area (Å²) in [6.45, 7) is 6.76. The Balaban J connectivity index is 1.47. The summed E-state index contributed by atoms with van der Waals surface area (Å²) < 4.78 is 15.7. The maximum Gasteiger partial charge on any atom is 0.223 e. The van der Waals surface area contributed by atoms with Gasteiger partial charge in [0.15, 0.2) is 0 Å². The highest BCUT2D eigenvalue weighted by Crippen LogP contribution is 2.47. The Morgan fingerprint density at radius 2 is 2.14 bits per heavy atom. The van der Waals surface area contributed by atoms with Crippen LogP contribution in [-0.4, -0.2) is 44.8 Å². The third-order valence-electron chi connectivity index (χ3n) is 6.30. The molecule has 2 aliphatic rings. The number of hydrogen-bond acceptors (Lipinski definition) is 3. The molecule has 1 atom stereocenters. The van der Waals surface area contributed by atoms with E-state index in [0.717, 1.165) is 51.0 Å². The number of aryl methyl sites for hydroxylation is 1. The van der Waals surface area contributed by atoms with Gasteiger partial charge in [0.2, 0.25) is 5.91 Å². The topological polar surface area (TPSA) is 41.4 Å². The number of hydrogen-bond donors (Lipinski definition) is 0. The van der Waals surface area contributed by atoms with E-state index in [1.165, 1.54) is 6.07 Å². The van der Waals surface area contributed by atoms with Crippen LogP contribution in [0.1, 0.15) is 46.0 Å². The van der Waals surface area contributed by atoms with E-state index >= 15 is 0 Å². The minimum atomic E-state index is -0.216. The molecule has 6 heteroatoms. The molecule has 4 rings (SSSR count). The maximum absolute atomic E-state index is 13.8. The number of nitrogens with zero attached hydrogens (tertiary/aromatic N) is 4. The number of carbonyl (C=O) groups is 1. The Kier molecular flexibility index (Phi) is 4.89. The van der Waals surface area contributed by atoms with E-state index in [2.05, 4.69) is 28.7 Å². The van der Waals surface area contributed by atoms with E-state index in [1.807, 2.05) is 23.0 Å². The first-order valence-electron chi connectivity index (χ1n) is 10.2. The van der Waals surface area contributed by atoms with Crippen LogP contribution in [0.4, 0.5) is 10.1 Å². The van der Waals surface area contributed by atoms with Gasteiger partial charge >= 0.3 is 0 Å². The molecule has 1 amide bonds. The fourth-order valence-electron chi connectivity index (χ4n) is 5.19. The van der Waals surface area contributed by atoms with Crippen molar-refractivity contribution < 1.29 is 9.18 Å². The molecule has 0 saturated carbocycles. The zero-order valence-corrected chi connectivity index (χ0v) is 16.8. The van der Waals surface area contributed by atoms with Crippen LogP contribution in [0.3, 0.4) is 0 Å². The lowest BCUT2D eigenvalue weighted by Crippen LogP contribution is -2.49. The van der Waals surface area contributed by atoms with Crippen LogP contribution in [0.25, 0.3) is 0 Å². The average Bonchev–Trinajstić information content (AvgIpc) is 3.34. The first-order valence-corrected chi connectivity index (χ1v) is 10.2. The van der Waals surface area contributed by atoms with Crippen LogP contribution in [0, 0.1) is 5.82 Å². The van der Waals surface area contributed by atoms with Crippen molar-refractivity contribution in [2.24, 2.45) is 0 Å². The summed E-state index contributed by atoms with van der Waals surface area (Å²) in [4.78, 5) is 17.5.